The average Bonchev–Trinajstić information content (AvgIpc) is 1.62. The maximum absolute atomic E-state index is 5.27. The molecule has 0 aromatic rings. The van der Waals surface area contributed by atoms with Gasteiger partial charge in [-0.25, -0.2) is 0 Å². The van der Waals surface area contributed by atoms with E-state index < -0.39 is 3.79 Å². The van der Waals surface area contributed by atoms with Gasteiger partial charge in [-0.1, -0.05) is 58.0 Å². The number of hydrogen-bond acceptors (Lipinski definition) is 0. The second kappa shape index (κ2) is 3.38. The van der Waals surface area contributed by atoms with Gasteiger partial charge in [-0.15, -0.1) is 0 Å². The van der Waals surface area contributed by atoms with Crippen LogP contribution in [0.1, 0.15) is 0 Å². The highest BCUT2D eigenvalue weighted by Gasteiger charge is 2.23. The zero-order valence-corrected chi connectivity index (χ0v) is 7.25. The highest BCUT2D eigenvalue weighted by Crippen LogP contribution is 2.36. The van der Waals surface area contributed by atoms with Gasteiger partial charge in [0, 0.05) is 5.54 Å². The monoisotopic (exact) mass is 212 g/mol. The maximum atomic E-state index is 5.27. The van der Waals surface area contributed by atoms with Gasteiger partial charge in [-0.3, -0.25) is 0 Å². The highest BCUT2D eigenvalue weighted by atomic mass is 35.6. The lowest BCUT2D eigenvalue weighted by molar-refractivity contribution is 1.43. The summed E-state index contributed by atoms with van der Waals surface area (Å²) in [4.78, 5) is 0. The number of allylic oxidation sites excluding steroid dienone is 1. The molecule has 0 aliphatic heterocycles. The van der Waals surface area contributed by atoms with Gasteiger partial charge in [0.25, 0.3) is 0 Å². The summed E-state index contributed by atoms with van der Waals surface area (Å²) < 4.78 is -1.58. The van der Waals surface area contributed by atoms with Crippen molar-refractivity contribution in [3.63, 3.8) is 0 Å². The van der Waals surface area contributed by atoms with Gasteiger partial charge in [0.05, 0.1) is 5.03 Å². The van der Waals surface area contributed by atoms with Crippen LogP contribution in [0.3, 0.4) is 0 Å². The van der Waals surface area contributed by atoms with E-state index in [9.17, 15) is 0 Å². The third-order valence-electron chi connectivity index (χ3n) is 0.367. The van der Waals surface area contributed by atoms with Crippen molar-refractivity contribution in [1.29, 1.82) is 0 Å². The Morgan fingerprint density at radius 2 is 1.62 bits per heavy atom. The van der Waals surface area contributed by atoms with Gasteiger partial charge in [0.15, 0.2) is 0 Å². The molecule has 0 radical (unpaired) electrons. The lowest BCUT2D eigenvalue weighted by Gasteiger charge is -2.05. The van der Waals surface area contributed by atoms with Gasteiger partial charge in [0.2, 0.25) is 3.79 Å². The van der Waals surface area contributed by atoms with E-state index in [1.54, 1.807) is 0 Å². The molecule has 8 heavy (non-hydrogen) atoms. The normalized spacial score (nSPS) is 14.4. The third-order valence-corrected chi connectivity index (χ3v) is 1.99. The van der Waals surface area contributed by atoms with Gasteiger partial charge in [0.1, 0.15) is 0 Å². The predicted molar refractivity (Wildman–Crippen MR) is 40.1 cm³/mol. The molecular weight excluding hydrogens is 213 g/mol. The lowest BCUT2D eigenvalue weighted by atomic mass is 10.7. The van der Waals surface area contributed by atoms with E-state index >= 15 is 0 Å². The molecule has 5 heteroatoms. The Morgan fingerprint density at radius 1 is 1.25 bits per heavy atom. The molecule has 0 atom stereocenters. The summed E-state index contributed by atoms with van der Waals surface area (Å²) in [6, 6.07) is 0. The first-order valence-corrected chi connectivity index (χ1v) is 3.46. The van der Waals surface area contributed by atoms with Crippen molar-refractivity contribution in [2.75, 3.05) is 0 Å². The van der Waals surface area contributed by atoms with Gasteiger partial charge in [-0.2, -0.15) is 0 Å². The zero-order valence-electron chi connectivity index (χ0n) is 3.47. The van der Waals surface area contributed by atoms with Gasteiger partial charge >= 0.3 is 0 Å². The summed E-state index contributed by atoms with van der Waals surface area (Å²) in [6.45, 7) is 0. The first-order valence-electron chi connectivity index (χ1n) is 1.51. The first-order chi connectivity index (χ1) is 3.48. The number of rotatable bonds is 0. The molecule has 0 aromatic heterocycles. The molecule has 0 aliphatic rings. The molecule has 0 spiro atoms. The summed E-state index contributed by atoms with van der Waals surface area (Å²) in [6.07, 6.45) is 0. The molecule has 0 rings (SSSR count). The molecule has 0 saturated carbocycles. The minimum absolute atomic E-state index is 0.0100. The number of hydrogen-bond donors (Lipinski definition) is 0. The number of halogens is 5. The van der Waals surface area contributed by atoms with Crippen LogP contribution in [-0.2, 0) is 0 Å². The highest BCUT2D eigenvalue weighted by molar-refractivity contribution is 6.73. The first kappa shape index (κ1) is 9.19. The third kappa shape index (κ3) is 3.26. The fourth-order valence-corrected chi connectivity index (χ4v) is 0.557. The molecule has 0 amide bonds. The van der Waals surface area contributed by atoms with Crippen LogP contribution in [0.4, 0.5) is 0 Å². The Kier molecular flexibility index (Phi) is 3.88. The topological polar surface area (TPSA) is 0 Å². The molecule has 0 fully saturated rings. The van der Waals surface area contributed by atoms with Crippen LogP contribution in [0.5, 0.6) is 0 Å². The van der Waals surface area contributed by atoms with Crippen LogP contribution >= 0.6 is 58.0 Å². The Labute approximate surface area is 72.3 Å². The summed E-state index contributed by atoms with van der Waals surface area (Å²) in [5, 5.41) is -0.0100. The molecule has 0 aliphatic carbocycles. The summed E-state index contributed by atoms with van der Waals surface area (Å²) in [5.41, 5.74) is 1.01. The van der Waals surface area contributed by atoms with Crippen molar-refractivity contribution < 1.29 is 0 Å². The van der Waals surface area contributed by atoms with Crippen LogP contribution in [0.25, 0.3) is 0 Å². The summed E-state index contributed by atoms with van der Waals surface area (Å²) >= 11 is 26.1. The molecule has 48 valence electrons. The van der Waals surface area contributed by atoms with E-state index in [2.05, 4.69) is 0 Å². The fraction of sp³-hybridized carbons (Fsp3) is 0.333. The Balaban J connectivity index is 4.03. The van der Waals surface area contributed by atoms with Crippen molar-refractivity contribution in [2.45, 2.75) is 3.79 Å². The maximum Gasteiger partial charge on any atom is 0.227 e. The molecule has 0 heterocycles. The smallest absolute Gasteiger partial charge is 0.0915 e. The van der Waals surface area contributed by atoms with Crippen molar-refractivity contribution in [2.24, 2.45) is 0 Å². The van der Waals surface area contributed by atoms with Crippen molar-refractivity contribution in [1.82, 2.24) is 0 Å². The molecule has 0 nitrogen and oxygen atoms in total. The molecule has 0 saturated heterocycles. The Bertz CT molecular complexity index is 98.7. The average molecular weight is 214 g/mol. The van der Waals surface area contributed by atoms with Gasteiger partial charge < -0.3 is 0 Å². The molecular formula is C3HCl5. The quantitative estimate of drug-likeness (QED) is 0.540. The minimum Gasteiger partial charge on any atom is -0.0915 e. The van der Waals surface area contributed by atoms with E-state index in [1.807, 2.05) is 0 Å². The van der Waals surface area contributed by atoms with E-state index in [1.165, 1.54) is 0 Å². The molecule has 0 bridgehead atoms. The van der Waals surface area contributed by atoms with Crippen molar-refractivity contribution in [3.05, 3.63) is 10.6 Å². The Morgan fingerprint density at radius 3 is 1.62 bits per heavy atom. The molecule has 0 N–H and O–H groups in total. The van der Waals surface area contributed by atoms with Crippen LogP contribution in [0.15, 0.2) is 10.6 Å². The fourth-order valence-electron chi connectivity index (χ4n) is 0.0619. The largest absolute Gasteiger partial charge is 0.227 e. The molecule has 0 aromatic carbocycles. The van der Waals surface area contributed by atoms with Crippen LogP contribution < -0.4 is 0 Å². The van der Waals surface area contributed by atoms with E-state index in [0.717, 1.165) is 5.54 Å². The van der Waals surface area contributed by atoms with E-state index in [0.29, 0.717) is 0 Å². The number of alkyl halides is 3. The summed E-state index contributed by atoms with van der Waals surface area (Å²) in [7, 11) is 0. The van der Waals surface area contributed by atoms with E-state index in [4.69, 9.17) is 58.0 Å². The van der Waals surface area contributed by atoms with Crippen molar-refractivity contribution in [3.8, 4) is 0 Å². The standard InChI is InChI=1S/C3HCl5/c4-1-2(5)3(6,7)8/h1H. The van der Waals surface area contributed by atoms with Crippen LogP contribution in [0, 0.1) is 0 Å². The molecule has 0 unspecified atom stereocenters. The second-order valence-corrected chi connectivity index (χ2v) is 3.86. The SMILES string of the molecule is ClC=C(Cl)C(Cl)(Cl)Cl. The Hall–Kier alpha value is 1.19. The second-order valence-electron chi connectivity index (χ2n) is 0.955. The zero-order chi connectivity index (χ0) is 6.78. The lowest BCUT2D eigenvalue weighted by Crippen LogP contribution is -1.99. The van der Waals surface area contributed by atoms with Crippen LogP contribution in [0.2, 0.25) is 0 Å². The van der Waals surface area contributed by atoms with Gasteiger partial charge in [-0.05, 0) is 0 Å². The predicted octanol–water partition coefficient (Wildman–Crippen LogP) is 3.68. The van der Waals surface area contributed by atoms with E-state index in [-0.39, 0.29) is 5.03 Å². The minimum atomic E-state index is -1.58. The van der Waals surface area contributed by atoms with Crippen molar-refractivity contribution >= 4 is 58.0 Å². The summed E-state index contributed by atoms with van der Waals surface area (Å²) in [5.74, 6) is 0. The van der Waals surface area contributed by atoms with Crippen LogP contribution in [-0.4, -0.2) is 3.79 Å².